The number of thioether (sulfide) groups is 1. The fraction of sp³-hybridized carbons (Fsp3) is 0.714. The first-order valence-electron chi connectivity index (χ1n) is 7.98. The molecule has 0 atom stereocenters. The van der Waals surface area contributed by atoms with Gasteiger partial charge < -0.3 is 5.32 Å². The highest BCUT2D eigenvalue weighted by molar-refractivity contribution is 7.99. The van der Waals surface area contributed by atoms with E-state index in [9.17, 15) is 13.2 Å². The second-order valence-electron chi connectivity index (χ2n) is 5.82. The lowest BCUT2D eigenvalue weighted by Crippen LogP contribution is -2.42. The third-order valence-corrected chi connectivity index (χ3v) is 7.09. The molecule has 1 aromatic heterocycles. The summed E-state index contributed by atoms with van der Waals surface area (Å²) in [5, 5.41) is 9.73. The number of aromatic nitrogens is 2. The number of sulfonamides is 1. The van der Waals surface area contributed by atoms with E-state index in [-0.39, 0.29) is 18.2 Å². The number of amides is 1. The van der Waals surface area contributed by atoms with Gasteiger partial charge in [-0.25, -0.2) is 12.7 Å². The molecule has 2 heterocycles. The summed E-state index contributed by atoms with van der Waals surface area (Å²) in [6, 6.07) is 0. The van der Waals surface area contributed by atoms with Crippen molar-refractivity contribution in [2.75, 3.05) is 36.9 Å². The zero-order chi connectivity index (χ0) is 16.3. The summed E-state index contributed by atoms with van der Waals surface area (Å²) < 4.78 is 26.0. The minimum Gasteiger partial charge on any atom is -0.350 e. The van der Waals surface area contributed by atoms with Crippen LogP contribution >= 0.6 is 11.8 Å². The Labute approximate surface area is 140 Å². The van der Waals surface area contributed by atoms with Gasteiger partial charge in [-0.3, -0.25) is 9.89 Å². The van der Waals surface area contributed by atoms with E-state index in [0.29, 0.717) is 18.8 Å². The molecule has 9 heteroatoms. The van der Waals surface area contributed by atoms with Crippen LogP contribution < -0.4 is 5.32 Å². The van der Waals surface area contributed by atoms with Crippen molar-refractivity contribution in [2.24, 2.45) is 0 Å². The van der Waals surface area contributed by atoms with Crippen LogP contribution in [0.25, 0.3) is 0 Å². The minimum absolute atomic E-state index is 0.0595. The normalized spacial score (nSPS) is 19.3. The number of aryl methyl sites for hydroxylation is 1. The summed E-state index contributed by atoms with van der Waals surface area (Å²) in [6.07, 6.45) is 3.96. The average molecular weight is 358 g/mol. The van der Waals surface area contributed by atoms with E-state index in [2.05, 4.69) is 15.5 Å². The first-order chi connectivity index (χ1) is 11.1. The number of carbonyl (C=O) groups excluding carboxylic acids is 1. The van der Waals surface area contributed by atoms with Gasteiger partial charge in [-0.2, -0.15) is 16.9 Å². The number of hydrogen-bond acceptors (Lipinski definition) is 5. The van der Waals surface area contributed by atoms with Crippen molar-refractivity contribution in [3.8, 4) is 0 Å². The van der Waals surface area contributed by atoms with Crippen LogP contribution in [0.3, 0.4) is 0 Å². The highest BCUT2D eigenvalue weighted by Crippen LogP contribution is 2.22. The van der Waals surface area contributed by atoms with E-state index in [1.165, 1.54) is 4.31 Å². The molecule has 0 bridgehead atoms. The van der Waals surface area contributed by atoms with Gasteiger partial charge in [-0.05, 0) is 25.7 Å². The summed E-state index contributed by atoms with van der Waals surface area (Å²) in [5.74, 6) is 1.33. The number of H-pyrrole nitrogens is 1. The lowest BCUT2D eigenvalue weighted by molar-refractivity contribution is 0.0950. The van der Waals surface area contributed by atoms with Crippen molar-refractivity contribution >= 4 is 27.7 Å². The van der Waals surface area contributed by atoms with Crippen molar-refractivity contribution in [1.29, 1.82) is 0 Å². The van der Waals surface area contributed by atoms with Crippen molar-refractivity contribution in [3.05, 3.63) is 17.0 Å². The van der Waals surface area contributed by atoms with E-state index >= 15 is 0 Å². The molecule has 1 aliphatic heterocycles. The molecule has 2 N–H and O–H groups in total. The molecule has 2 aliphatic rings. The highest BCUT2D eigenvalue weighted by Gasteiger charge is 2.25. The molecule has 7 nitrogen and oxygen atoms in total. The van der Waals surface area contributed by atoms with Gasteiger partial charge in [0, 0.05) is 42.4 Å². The van der Waals surface area contributed by atoms with Crippen LogP contribution in [-0.4, -0.2) is 65.7 Å². The Morgan fingerprint density at radius 2 is 2.00 bits per heavy atom. The van der Waals surface area contributed by atoms with Crippen LogP contribution in [0.15, 0.2) is 0 Å². The van der Waals surface area contributed by atoms with Gasteiger partial charge in [0.1, 0.15) is 0 Å². The lowest BCUT2D eigenvalue weighted by atomic mass is 9.96. The number of nitrogens with one attached hydrogen (secondary N) is 2. The highest BCUT2D eigenvalue weighted by atomic mass is 32.2. The molecule has 1 saturated heterocycles. The Kier molecular flexibility index (Phi) is 5.27. The van der Waals surface area contributed by atoms with E-state index in [1.807, 2.05) is 0 Å². The average Bonchev–Trinajstić information content (AvgIpc) is 2.99. The number of rotatable bonds is 5. The molecule has 0 saturated carbocycles. The Balaban J connectivity index is 1.54. The first-order valence-corrected chi connectivity index (χ1v) is 10.7. The molecular weight excluding hydrogens is 336 g/mol. The Morgan fingerprint density at radius 3 is 2.78 bits per heavy atom. The van der Waals surface area contributed by atoms with Crippen molar-refractivity contribution < 1.29 is 13.2 Å². The van der Waals surface area contributed by atoms with Crippen LogP contribution in [0, 0.1) is 0 Å². The summed E-state index contributed by atoms with van der Waals surface area (Å²) in [4.78, 5) is 12.2. The first kappa shape index (κ1) is 16.8. The minimum atomic E-state index is -3.29. The predicted molar refractivity (Wildman–Crippen MR) is 90.2 cm³/mol. The number of hydrogen-bond donors (Lipinski definition) is 2. The molecule has 1 aromatic rings. The standard InChI is InChI=1S/C14H22N4O3S2/c19-14(13-11-3-1-2-4-12(11)16-17-13)15-5-10-23(20,21)18-6-8-22-9-7-18/h1-10H2,(H,15,19)(H,16,17). The fourth-order valence-corrected chi connectivity index (χ4v) is 5.49. The van der Waals surface area contributed by atoms with Gasteiger partial charge in [-0.15, -0.1) is 0 Å². The number of carbonyl (C=O) groups is 1. The molecule has 0 unspecified atom stereocenters. The van der Waals surface area contributed by atoms with Crippen LogP contribution in [0.1, 0.15) is 34.6 Å². The Morgan fingerprint density at radius 1 is 1.26 bits per heavy atom. The maximum absolute atomic E-state index is 12.2. The van der Waals surface area contributed by atoms with Gasteiger partial charge in [-0.1, -0.05) is 0 Å². The topological polar surface area (TPSA) is 95.2 Å². The summed E-state index contributed by atoms with van der Waals surface area (Å²) >= 11 is 1.77. The molecule has 0 aromatic carbocycles. The smallest absolute Gasteiger partial charge is 0.272 e. The monoisotopic (exact) mass is 358 g/mol. The maximum Gasteiger partial charge on any atom is 0.272 e. The third-order valence-electron chi connectivity index (χ3n) is 4.28. The van der Waals surface area contributed by atoms with E-state index in [0.717, 1.165) is 48.4 Å². The van der Waals surface area contributed by atoms with Crippen molar-refractivity contribution in [3.63, 3.8) is 0 Å². The molecule has 0 radical (unpaired) electrons. The number of aromatic amines is 1. The molecule has 1 amide bonds. The Hall–Kier alpha value is -1.06. The predicted octanol–water partition coefficient (Wildman–Crippen LogP) is 0.397. The van der Waals surface area contributed by atoms with Gasteiger partial charge in [0.05, 0.1) is 5.75 Å². The molecule has 23 heavy (non-hydrogen) atoms. The Bertz CT molecular complexity index is 666. The fourth-order valence-electron chi connectivity index (χ4n) is 3.00. The van der Waals surface area contributed by atoms with Crippen molar-refractivity contribution in [2.45, 2.75) is 25.7 Å². The molecule has 0 spiro atoms. The zero-order valence-electron chi connectivity index (χ0n) is 13.0. The second kappa shape index (κ2) is 7.23. The molecule has 3 rings (SSSR count). The van der Waals surface area contributed by atoms with Gasteiger partial charge >= 0.3 is 0 Å². The van der Waals surface area contributed by atoms with Crippen LogP contribution in [0.2, 0.25) is 0 Å². The van der Waals surface area contributed by atoms with Gasteiger partial charge in [0.2, 0.25) is 10.0 Å². The quantitative estimate of drug-likeness (QED) is 0.794. The third kappa shape index (κ3) is 3.89. The number of nitrogens with zero attached hydrogens (tertiary/aromatic N) is 2. The van der Waals surface area contributed by atoms with E-state index in [4.69, 9.17) is 0 Å². The summed E-state index contributed by atoms with van der Waals surface area (Å²) in [6.45, 7) is 1.24. The van der Waals surface area contributed by atoms with Gasteiger partial charge in [0.15, 0.2) is 5.69 Å². The molecule has 1 fully saturated rings. The maximum atomic E-state index is 12.2. The van der Waals surface area contributed by atoms with Crippen LogP contribution in [0.5, 0.6) is 0 Å². The van der Waals surface area contributed by atoms with E-state index in [1.54, 1.807) is 11.8 Å². The molecule has 128 valence electrons. The van der Waals surface area contributed by atoms with Gasteiger partial charge in [0.25, 0.3) is 5.91 Å². The SMILES string of the molecule is O=C(NCCS(=O)(=O)N1CCSCC1)c1n[nH]c2c1CCCC2. The zero-order valence-corrected chi connectivity index (χ0v) is 14.6. The summed E-state index contributed by atoms with van der Waals surface area (Å²) in [7, 11) is -3.29. The number of fused-ring (bicyclic) bond motifs is 1. The van der Waals surface area contributed by atoms with E-state index < -0.39 is 10.0 Å². The van der Waals surface area contributed by atoms with Crippen LogP contribution in [0.4, 0.5) is 0 Å². The second-order valence-corrected chi connectivity index (χ2v) is 9.13. The lowest BCUT2D eigenvalue weighted by Gasteiger charge is -2.25. The van der Waals surface area contributed by atoms with Crippen molar-refractivity contribution in [1.82, 2.24) is 19.8 Å². The molecule has 1 aliphatic carbocycles. The van der Waals surface area contributed by atoms with Crippen LogP contribution in [-0.2, 0) is 22.9 Å². The summed E-state index contributed by atoms with van der Waals surface area (Å²) in [5.41, 5.74) is 2.45. The largest absolute Gasteiger partial charge is 0.350 e. The molecular formula is C14H22N4O3S2.